The largest absolute Gasteiger partial charge is 0.412 e. The van der Waals surface area contributed by atoms with E-state index in [4.69, 9.17) is 40.5 Å². The van der Waals surface area contributed by atoms with Gasteiger partial charge in [-0.3, -0.25) is 0 Å². The summed E-state index contributed by atoms with van der Waals surface area (Å²) in [6.07, 6.45) is 0. The van der Waals surface area contributed by atoms with Crippen molar-refractivity contribution in [3.8, 4) is 0 Å². The Morgan fingerprint density at radius 3 is 1.71 bits per heavy atom. The third kappa shape index (κ3) is 5.90. The van der Waals surface area contributed by atoms with Gasteiger partial charge in [-0.1, -0.05) is 78.8 Å². The summed E-state index contributed by atoms with van der Waals surface area (Å²) in [5.74, 6) is 0.368. The molecule has 148 valence electrons. The lowest BCUT2D eigenvalue weighted by molar-refractivity contribution is 0.824. The molecule has 4 rings (SSSR count). The third-order valence-electron chi connectivity index (χ3n) is 3.45. The molecule has 10 heteroatoms. The van der Waals surface area contributed by atoms with Crippen molar-refractivity contribution in [1.29, 1.82) is 0 Å². The van der Waals surface area contributed by atoms with Crippen LogP contribution in [0.3, 0.4) is 0 Å². The molecule has 28 heavy (non-hydrogen) atoms. The first kappa shape index (κ1) is 24.8. The number of nitrogens with zero attached hydrogens (tertiary/aromatic N) is 2. The fraction of sp³-hybridized carbons (Fsp3) is 0. The molecule has 0 unspecified atom stereocenters. The van der Waals surface area contributed by atoms with Crippen LogP contribution in [0.5, 0.6) is 0 Å². The van der Waals surface area contributed by atoms with Gasteiger partial charge in [-0.05, 0) is 36.4 Å². The van der Waals surface area contributed by atoms with Crippen molar-refractivity contribution in [2.75, 3.05) is 5.73 Å². The van der Waals surface area contributed by atoms with Gasteiger partial charge in [0.15, 0.2) is 0 Å². The Kier molecular flexibility index (Phi) is 9.36. The second kappa shape index (κ2) is 10.5. The van der Waals surface area contributed by atoms with E-state index in [9.17, 15) is 0 Å². The Bertz CT molecular complexity index is 1040. The van der Waals surface area contributed by atoms with Crippen molar-refractivity contribution < 1.29 is 5.48 Å². The molecule has 2 heterocycles. The molecule has 0 radical (unpaired) electrons. The van der Waals surface area contributed by atoms with Crippen LogP contribution in [-0.2, 0) is 0 Å². The second-order valence-electron chi connectivity index (χ2n) is 5.29. The van der Waals surface area contributed by atoms with E-state index in [1.54, 1.807) is 6.07 Å². The standard InChI is InChI=1S/C9H4BrCl2N.C9H6BrClN2.H3N.H2O/c2*10-6-2-1-5-3-7(11)9(12)13-8(5)4-6;;/h1-4H;1-4H,(H2,12,13);1H3;1H2. The molecule has 0 aliphatic carbocycles. The normalized spacial score (nSPS) is 9.89. The van der Waals surface area contributed by atoms with Crippen molar-refractivity contribution in [3.63, 3.8) is 0 Å². The maximum Gasteiger partial charge on any atom is 0.148 e. The van der Waals surface area contributed by atoms with Gasteiger partial charge in [-0.15, -0.1) is 0 Å². The van der Waals surface area contributed by atoms with Crippen molar-refractivity contribution >= 4 is 94.3 Å². The lowest BCUT2D eigenvalue weighted by atomic mass is 10.2. The van der Waals surface area contributed by atoms with Gasteiger partial charge in [0.25, 0.3) is 0 Å². The average Bonchev–Trinajstić information content (AvgIpc) is 2.58. The smallest absolute Gasteiger partial charge is 0.148 e. The van der Waals surface area contributed by atoms with Crippen molar-refractivity contribution in [3.05, 3.63) is 72.7 Å². The molecular formula is C18H15Br2Cl3N4O. The number of hydrogen-bond donors (Lipinski definition) is 2. The van der Waals surface area contributed by atoms with Crippen molar-refractivity contribution in [1.82, 2.24) is 16.1 Å². The van der Waals surface area contributed by atoms with Gasteiger partial charge >= 0.3 is 0 Å². The fourth-order valence-corrected chi connectivity index (χ4v) is 3.38. The van der Waals surface area contributed by atoms with Crippen LogP contribution in [0.15, 0.2) is 57.5 Å². The molecule has 2 aromatic heterocycles. The summed E-state index contributed by atoms with van der Waals surface area (Å²) < 4.78 is 1.96. The van der Waals surface area contributed by atoms with Crippen molar-refractivity contribution in [2.45, 2.75) is 0 Å². The number of rotatable bonds is 0. The number of pyridine rings is 2. The summed E-state index contributed by atoms with van der Waals surface area (Å²) >= 11 is 24.2. The van der Waals surface area contributed by atoms with Gasteiger partial charge in [0, 0.05) is 19.7 Å². The number of anilines is 1. The van der Waals surface area contributed by atoms with Crippen LogP contribution < -0.4 is 11.9 Å². The van der Waals surface area contributed by atoms with Crippen LogP contribution in [0.2, 0.25) is 15.2 Å². The molecule has 2 aromatic carbocycles. The molecule has 0 aliphatic rings. The Morgan fingerprint density at radius 1 is 0.714 bits per heavy atom. The quantitative estimate of drug-likeness (QED) is 0.225. The van der Waals surface area contributed by atoms with Gasteiger partial charge < -0.3 is 17.4 Å². The highest BCUT2D eigenvalue weighted by Gasteiger charge is 2.03. The first-order chi connectivity index (χ1) is 12.3. The van der Waals surface area contributed by atoms with Crippen LogP contribution in [0.4, 0.5) is 5.82 Å². The number of nitrogen functional groups attached to an aromatic ring is 1. The molecule has 0 bridgehead atoms. The Labute approximate surface area is 193 Å². The first-order valence-electron chi connectivity index (χ1n) is 7.26. The van der Waals surface area contributed by atoms with E-state index >= 15 is 0 Å². The maximum atomic E-state index is 5.83. The number of halogens is 5. The molecule has 0 atom stereocenters. The van der Waals surface area contributed by atoms with E-state index in [1.165, 1.54) is 0 Å². The minimum Gasteiger partial charge on any atom is -0.412 e. The van der Waals surface area contributed by atoms with Crippen LogP contribution in [-0.4, -0.2) is 15.4 Å². The zero-order chi connectivity index (χ0) is 18.8. The van der Waals surface area contributed by atoms with E-state index in [-0.39, 0.29) is 11.6 Å². The van der Waals surface area contributed by atoms with Gasteiger partial charge in [-0.25, -0.2) is 9.97 Å². The second-order valence-corrected chi connectivity index (χ2v) is 8.29. The minimum atomic E-state index is 0. The SMILES string of the molecule is Clc1cc2ccc(Br)cc2nc1Cl.N.Nc1nc2cc(Br)ccc2cc1Cl.O. The third-order valence-corrected chi connectivity index (χ3v) is 5.41. The molecule has 0 amide bonds. The Hall–Kier alpha value is -1.19. The topological polar surface area (TPSA) is 118 Å². The molecule has 0 saturated heterocycles. The molecule has 0 spiro atoms. The van der Waals surface area contributed by atoms with Gasteiger partial charge in [0.2, 0.25) is 0 Å². The maximum absolute atomic E-state index is 5.83. The van der Waals surface area contributed by atoms with Crippen LogP contribution >= 0.6 is 66.7 Å². The van der Waals surface area contributed by atoms with Gasteiger partial charge in [0.1, 0.15) is 11.0 Å². The fourth-order valence-electron chi connectivity index (χ4n) is 2.22. The Balaban J connectivity index is 0.000000261. The molecule has 4 aromatic rings. The van der Waals surface area contributed by atoms with Crippen molar-refractivity contribution in [2.24, 2.45) is 0 Å². The number of hydrogen-bond acceptors (Lipinski definition) is 4. The van der Waals surface area contributed by atoms with Crippen LogP contribution in [0.1, 0.15) is 0 Å². The summed E-state index contributed by atoms with van der Waals surface area (Å²) in [6, 6.07) is 15.2. The van der Waals surface area contributed by atoms with Crippen LogP contribution in [0.25, 0.3) is 21.8 Å². The highest BCUT2D eigenvalue weighted by Crippen LogP contribution is 2.26. The van der Waals surface area contributed by atoms with Gasteiger partial charge in [-0.2, -0.15) is 0 Å². The summed E-state index contributed by atoms with van der Waals surface area (Å²) in [5.41, 5.74) is 7.26. The molecule has 5 nitrogen and oxygen atoms in total. The molecular weight excluding hydrogens is 554 g/mol. The highest BCUT2D eigenvalue weighted by atomic mass is 79.9. The zero-order valence-electron chi connectivity index (χ0n) is 14.2. The zero-order valence-corrected chi connectivity index (χ0v) is 19.6. The van der Waals surface area contributed by atoms with E-state index in [0.29, 0.717) is 21.0 Å². The summed E-state index contributed by atoms with van der Waals surface area (Å²) in [6.45, 7) is 0. The lowest BCUT2D eigenvalue weighted by Gasteiger charge is -2.01. The monoisotopic (exact) mass is 566 g/mol. The Morgan fingerprint density at radius 2 is 1.18 bits per heavy atom. The molecule has 0 aliphatic heterocycles. The van der Waals surface area contributed by atoms with E-state index in [2.05, 4.69) is 41.8 Å². The summed E-state index contributed by atoms with van der Waals surface area (Å²) in [4.78, 5) is 8.29. The number of fused-ring (bicyclic) bond motifs is 2. The van der Waals surface area contributed by atoms with E-state index in [0.717, 1.165) is 30.8 Å². The minimum absolute atomic E-state index is 0. The number of nitrogens with two attached hydrogens (primary N) is 1. The molecule has 0 saturated carbocycles. The molecule has 7 N–H and O–H groups in total. The summed E-state index contributed by atoms with van der Waals surface area (Å²) in [5, 5.41) is 3.29. The van der Waals surface area contributed by atoms with Crippen LogP contribution in [0, 0.1) is 0 Å². The highest BCUT2D eigenvalue weighted by molar-refractivity contribution is 9.10. The summed E-state index contributed by atoms with van der Waals surface area (Å²) in [7, 11) is 0. The molecule has 0 fully saturated rings. The predicted octanol–water partition coefficient (Wildman–Crippen LogP) is 6.87. The number of benzene rings is 2. The van der Waals surface area contributed by atoms with E-state index in [1.807, 2.05) is 42.5 Å². The van der Waals surface area contributed by atoms with E-state index < -0.39 is 0 Å². The van der Waals surface area contributed by atoms with Gasteiger partial charge in [0.05, 0.1) is 21.1 Å². The first-order valence-corrected chi connectivity index (χ1v) is 9.98. The lowest BCUT2D eigenvalue weighted by Crippen LogP contribution is -1.91. The average molecular weight is 570 g/mol. The predicted molar refractivity (Wildman–Crippen MR) is 127 cm³/mol. The number of aromatic nitrogens is 2.